The molecular weight excluding hydrogens is 530 g/mol. The molecule has 0 aliphatic rings. The number of hydrogen-bond acceptors (Lipinski definition) is 8. The summed E-state index contributed by atoms with van der Waals surface area (Å²) in [5.41, 5.74) is 0.863. The molecular formula is C30H41N3O8. The zero-order valence-corrected chi connectivity index (χ0v) is 24.1. The van der Waals surface area contributed by atoms with Crippen LogP contribution in [0.2, 0.25) is 0 Å². The van der Waals surface area contributed by atoms with E-state index in [-0.39, 0.29) is 31.8 Å². The summed E-state index contributed by atoms with van der Waals surface area (Å²) in [7, 11) is 0. The van der Waals surface area contributed by atoms with Crippen LogP contribution in [0.25, 0.3) is 0 Å². The number of phenols is 1. The molecule has 0 saturated heterocycles. The van der Waals surface area contributed by atoms with E-state index >= 15 is 0 Å². The lowest BCUT2D eigenvalue weighted by molar-refractivity contribution is -0.147. The third-order valence-electron chi connectivity index (χ3n) is 5.67. The average Bonchev–Trinajstić information content (AvgIpc) is 2.91. The van der Waals surface area contributed by atoms with E-state index in [1.54, 1.807) is 39.8 Å². The minimum atomic E-state index is -1.02. The smallest absolute Gasteiger partial charge is 0.408 e. The van der Waals surface area contributed by atoms with E-state index < -0.39 is 41.7 Å². The summed E-state index contributed by atoms with van der Waals surface area (Å²) in [6.45, 7) is 7.42. The second-order valence-corrected chi connectivity index (χ2v) is 10.4. The van der Waals surface area contributed by atoms with Gasteiger partial charge in [0.25, 0.3) is 0 Å². The molecule has 11 heteroatoms. The monoisotopic (exact) mass is 571 g/mol. The Morgan fingerprint density at radius 1 is 0.829 bits per heavy atom. The van der Waals surface area contributed by atoms with Gasteiger partial charge in [-0.2, -0.15) is 0 Å². The Kier molecular flexibility index (Phi) is 13.4. The normalized spacial score (nSPS) is 12.4. The molecule has 0 radical (unpaired) electrons. The number of hydrogen-bond donors (Lipinski definition) is 4. The first-order valence-electron chi connectivity index (χ1n) is 13.7. The van der Waals surface area contributed by atoms with Crippen molar-refractivity contribution in [3.8, 4) is 5.75 Å². The summed E-state index contributed by atoms with van der Waals surface area (Å²) in [6, 6.07) is 13.3. The number of nitrogens with one attached hydrogen (secondary N) is 3. The van der Waals surface area contributed by atoms with Gasteiger partial charge in [-0.25, -0.2) is 14.4 Å². The first-order valence-corrected chi connectivity index (χ1v) is 13.7. The van der Waals surface area contributed by atoms with Crippen molar-refractivity contribution in [2.75, 3.05) is 13.2 Å². The molecule has 0 aromatic heterocycles. The van der Waals surface area contributed by atoms with Crippen LogP contribution in [0.1, 0.15) is 58.1 Å². The maximum Gasteiger partial charge on any atom is 0.408 e. The SMILES string of the molecule is CCOC(=O)[C@H](Cc1ccc(O)cc1)NC(=O)[C@H](CCCCNC(=O)OC(C)(C)C)NC(=O)OCc1ccccc1. The van der Waals surface area contributed by atoms with Crippen LogP contribution < -0.4 is 16.0 Å². The Labute approximate surface area is 240 Å². The average molecular weight is 572 g/mol. The van der Waals surface area contributed by atoms with Gasteiger partial charge in [-0.05, 0) is 70.2 Å². The Bertz CT molecular complexity index is 1120. The number of alkyl carbamates (subject to hydrolysis) is 2. The molecule has 4 N–H and O–H groups in total. The molecule has 0 saturated carbocycles. The maximum atomic E-state index is 13.3. The predicted octanol–water partition coefficient (Wildman–Crippen LogP) is 3.97. The predicted molar refractivity (Wildman–Crippen MR) is 152 cm³/mol. The molecule has 0 bridgehead atoms. The Morgan fingerprint density at radius 2 is 1.51 bits per heavy atom. The van der Waals surface area contributed by atoms with Gasteiger partial charge >= 0.3 is 18.2 Å². The maximum absolute atomic E-state index is 13.3. The van der Waals surface area contributed by atoms with Crippen LogP contribution in [0.3, 0.4) is 0 Å². The second-order valence-electron chi connectivity index (χ2n) is 10.4. The highest BCUT2D eigenvalue weighted by Crippen LogP contribution is 2.13. The number of aromatic hydroxyl groups is 1. The molecule has 0 fully saturated rings. The lowest BCUT2D eigenvalue weighted by Crippen LogP contribution is -2.52. The molecule has 11 nitrogen and oxygen atoms in total. The number of carbonyl (C=O) groups excluding carboxylic acids is 4. The Hall–Kier alpha value is -4.28. The van der Waals surface area contributed by atoms with E-state index in [9.17, 15) is 24.3 Å². The lowest BCUT2D eigenvalue weighted by Gasteiger charge is -2.23. The van der Waals surface area contributed by atoms with E-state index in [1.807, 2.05) is 30.3 Å². The number of unbranched alkanes of at least 4 members (excludes halogenated alkanes) is 1. The summed E-state index contributed by atoms with van der Waals surface area (Å²) in [5.74, 6) is -1.13. The molecule has 224 valence electrons. The van der Waals surface area contributed by atoms with Crippen molar-refractivity contribution >= 4 is 24.1 Å². The van der Waals surface area contributed by atoms with Crippen LogP contribution in [0.5, 0.6) is 5.75 Å². The van der Waals surface area contributed by atoms with Crippen LogP contribution in [0, 0.1) is 0 Å². The van der Waals surface area contributed by atoms with Gasteiger partial charge in [0.15, 0.2) is 0 Å². The molecule has 0 spiro atoms. The Balaban J connectivity index is 2.04. The van der Waals surface area contributed by atoms with E-state index in [4.69, 9.17) is 14.2 Å². The van der Waals surface area contributed by atoms with Crippen LogP contribution in [0.4, 0.5) is 9.59 Å². The number of esters is 1. The number of phenolic OH excluding ortho intramolecular Hbond substituents is 1. The standard InChI is InChI=1S/C30H41N3O8/c1-5-39-27(36)25(19-21-14-16-23(34)17-15-21)32-26(35)24(13-9-10-18-31-28(37)41-30(2,3)4)33-29(38)40-20-22-11-7-6-8-12-22/h6-8,11-12,14-17,24-25,34H,5,9-10,13,18-20H2,1-4H3,(H,31,37)(H,32,35)(H,33,38)/t24-,25-/m0/s1. The molecule has 0 heterocycles. The Morgan fingerprint density at radius 3 is 2.15 bits per heavy atom. The number of amides is 3. The van der Waals surface area contributed by atoms with Crippen molar-refractivity contribution in [1.29, 1.82) is 0 Å². The van der Waals surface area contributed by atoms with Gasteiger partial charge in [0, 0.05) is 13.0 Å². The summed E-state index contributed by atoms with van der Waals surface area (Å²) in [4.78, 5) is 50.5. The number of ether oxygens (including phenoxy) is 3. The fraction of sp³-hybridized carbons (Fsp3) is 0.467. The summed E-state index contributed by atoms with van der Waals surface area (Å²) < 4.78 is 15.7. The fourth-order valence-corrected chi connectivity index (χ4v) is 3.73. The number of rotatable bonds is 14. The van der Waals surface area contributed by atoms with Gasteiger partial charge in [-0.15, -0.1) is 0 Å². The molecule has 0 unspecified atom stereocenters. The second kappa shape index (κ2) is 16.7. The molecule has 2 rings (SSSR count). The van der Waals surface area contributed by atoms with Crippen LogP contribution in [-0.2, 0) is 36.8 Å². The van der Waals surface area contributed by atoms with Crippen LogP contribution >= 0.6 is 0 Å². The summed E-state index contributed by atoms with van der Waals surface area (Å²) in [6.07, 6.45) is -0.00614. The highest BCUT2D eigenvalue weighted by Gasteiger charge is 2.28. The first-order chi connectivity index (χ1) is 19.5. The van der Waals surface area contributed by atoms with Crippen molar-refractivity contribution in [3.63, 3.8) is 0 Å². The fourth-order valence-electron chi connectivity index (χ4n) is 3.73. The van der Waals surface area contributed by atoms with Gasteiger partial charge in [0.05, 0.1) is 6.61 Å². The summed E-state index contributed by atoms with van der Waals surface area (Å²) in [5, 5.41) is 17.5. The molecule has 2 aromatic rings. The van der Waals surface area contributed by atoms with E-state index in [0.29, 0.717) is 24.9 Å². The highest BCUT2D eigenvalue weighted by molar-refractivity contribution is 5.89. The molecule has 3 amide bonds. The van der Waals surface area contributed by atoms with Gasteiger partial charge in [0.2, 0.25) is 5.91 Å². The topological polar surface area (TPSA) is 152 Å². The molecule has 2 atom stereocenters. The molecule has 0 aliphatic heterocycles. The van der Waals surface area contributed by atoms with Gasteiger partial charge < -0.3 is 35.3 Å². The summed E-state index contributed by atoms with van der Waals surface area (Å²) >= 11 is 0. The van der Waals surface area contributed by atoms with Gasteiger partial charge in [0.1, 0.15) is 30.0 Å². The van der Waals surface area contributed by atoms with Crippen molar-refractivity contribution in [2.45, 2.75) is 77.7 Å². The van der Waals surface area contributed by atoms with Crippen LogP contribution in [0.15, 0.2) is 54.6 Å². The number of benzene rings is 2. The van der Waals surface area contributed by atoms with Crippen molar-refractivity contribution < 1.29 is 38.5 Å². The minimum absolute atomic E-state index is 0.0210. The van der Waals surface area contributed by atoms with E-state index in [0.717, 1.165) is 5.56 Å². The van der Waals surface area contributed by atoms with Crippen molar-refractivity contribution in [2.24, 2.45) is 0 Å². The third kappa shape index (κ3) is 13.6. The van der Waals surface area contributed by atoms with Gasteiger partial charge in [-0.3, -0.25) is 4.79 Å². The quantitative estimate of drug-likeness (QED) is 0.151. The lowest BCUT2D eigenvalue weighted by atomic mass is 10.0. The van der Waals surface area contributed by atoms with Crippen molar-refractivity contribution in [3.05, 3.63) is 65.7 Å². The van der Waals surface area contributed by atoms with Crippen molar-refractivity contribution in [1.82, 2.24) is 16.0 Å². The third-order valence-corrected chi connectivity index (χ3v) is 5.67. The zero-order chi connectivity index (χ0) is 30.3. The zero-order valence-electron chi connectivity index (χ0n) is 24.1. The van der Waals surface area contributed by atoms with E-state index in [2.05, 4.69) is 16.0 Å². The first kappa shape index (κ1) is 32.9. The van der Waals surface area contributed by atoms with Gasteiger partial charge in [-0.1, -0.05) is 42.5 Å². The highest BCUT2D eigenvalue weighted by atomic mass is 16.6. The minimum Gasteiger partial charge on any atom is -0.508 e. The molecule has 2 aromatic carbocycles. The molecule has 0 aliphatic carbocycles. The largest absolute Gasteiger partial charge is 0.508 e. The van der Waals surface area contributed by atoms with E-state index in [1.165, 1.54) is 12.1 Å². The number of carbonyl (C=O) groups is 4. The van der Waals surface area contributed by atoms with Crippen LogP contribution in [-0.4, -0.2) is 60.0 Å². The molecule has 41 heavy (non-hydrogen) atoms.